The van der Waals surface area contributed by atoms with Crippen LogP contribution in [0.2, 0.25) is 0 Å². The number of benzene rings is 2. The molecular formula is C27H34N8O. The van der Waals surface area contributed by atoms with Crippen molar-refractivity contribution < 1.29 is 0 Å². The van der Waals surface area contributed by atoms with Crippen molar-refractivity contribution >= 4 is 22.7 Å². The van der Waals surface area contributed by atoms with E-state index in [4.69, 9.17) is 9.97 Å². The van der Waals surface area contributed by atoms with Gasteiger partial charge in [0, 0.05) is 50.5 Å². The van der Waals surface area contributed by atoms with Crippen LogP contribution in [0.3, 0.4) is 0 Å². The molecule has 0 atom stereocenters. The van der Waals surface area contributed by atoms with Crippen molar-refractivity contribution in [2.75, 3.05) is 70.6 Å². The second-order valence-corrected chi connectivity index (χ2v) is 9.66. The molecule has 2 aromatic heterocycles. The number of hydrogen-bond acceptors (Lipinski definition) is 7. The van der Waals surface area contributed by atoms with Gasteiger partial charge in [-0.15, -0.1) is 0 Å². The van der Waals surface area contributed by atoms with Gasteiger partial charge in [0.1, 0.15) is 5.52 Å². The van der Waals surface area contributed by atoms with Gasteiger partial charge in [0.25, 0.3) is 0 Å². The maximum atomic E-state index is 13.0. The summed E-state index contributed by atoms with van der Waals surface area (Å²) < 4.78 is 1.69. The van der Waals surface area contributed by atoms with Gasteiger partial charge in [-0.3, -0.25) is 4.57 Å². The molecule has 0 unspecified atom stereocenters. The molecule has 2 N–H and O–H groups in total. The molecule has 188 valence electrons. The lowest BCUT2D eigenvalue weighted by atomic mass is 10.1. The zero-order chi connectivity index (χ0) is 25.1. The highest BCUT2D eigenvalue weighted by Crippen LogP contribution is 2.26. The average Bonchev–Trinajstić information content (AvgIpc) is 3.20. The Kier molecular flexibility index (Phi) is 7.02. The number of H-pyrrole nitrogens is 1. The lowest BCUT2D eigenvalue weighted by Crippen LogP contribution is -2.44. The molecule has 4 aromatic rings. The lowest BCUT2D eigenvalue weighted by molar-refractivity contribution is 0.313. The van der Waals surface area contributed by atoms with E-state index in [0.29, 0.717) is 35.9 Å². The van der Waals surface area contributed by atoms with Crippen LogP contribution in [0.4, 0.5) is 11.5 Å². The molecule has 1 saturated heterocycles. The Bertz CT molecular complexity index is 1350. The molecule has 1 fully saturated rings. The van der Waals surface area contributed by atoms with Crippen molar-refractivity contribution in [1.29, 1.82) is 0 Å². The number of anilines is 2. The van der Waals surface area contributed by atoms with Crippen LogP contribution >= 0.6 is 0 Å². The minimum atomic E-state index is -0.193. The third-order valence-electron chi connectivity index (χ3n) is 6.65. The first-order valence-electron chi connectivity index (χ1n) is 12.4. The highest BCUT2D eigenvalue weighted by molar-refractivity contribution is 5.85. The number of piperazine rings is 1. The van der Waals surface area contributed by atoms with Crippen molar-refractivity contribution in [3.8, 4) is 11.4 Å². The molecule has 5 rings (SSSR count). The normalized spacial score (nSPS) is 14.6. The number of nitrogens with zero attached hydrogens (tertiary/aromatic N) is 6. The predicted octanol–water partition coefficient (Wildman–Crippen LogP) is 2.56. The third kappa shape index (κ3) is 5.27. The molecule has 0 bridgehead atoms. The summed E-state index contributed by atoms with van der Waals surface area (Å²) in [7, 11) is 6.22. The SMILES string of the molecule is CN(C)CCNc1nc(-c2ccc(N3CCN(C)CC3)cc2)nc2c1[nH]c(=O)n2Cc1ccccc1. The highest BCUT2D eigenvalue weighted by Gasteiger charge is 2.18. The molecule has 0 aliphatic carbocycles. The van der Waals surface area contributed by atoms with Crippen LogP contribution in [-0.4, -0.2) is 89.7 Å². The van der Waals surface area contributed by atoms with E-state index in [2.05, 4.69) is 56.3 Å². The summed E-state index contributed by atoms with van der Waals surface area (Å²) in [6.07, 6.45) is 0. The molecule has 0 amide bonds. The second kappa shape index (κ2) is 10.5. The van der Waals surface area contributed by atoms with Crippen LogP contribution in [0.5, 0.6) is 0 Å². The molecule has 0 saturated carbocycles. The van der Waals surface area contributed by atoms with E-state index in [1.807, 2.05) is 44.4 Å². The van der Waals surface area contributed by atoms with E-state index in [1.54, 1.807) is 4.57 Å². The molecule has 36 heavy (non-hydrogen) atoms. The van der Waals surface area contributed by atoms with Gasteiger partial charge in [0.2, 0.25) is 0 Å². The Morgan fingerprint density at radius 1 is 0.972 bits per heavy atom. The molecule has 0 radical (unpaired) electrons. The van der Waals surface area contributed by atoms with Crippen molar-refractivity contribution in [2.45, 2.75) is 6.54 Å². The van der Waals surface area contributed by atoms with E-state index in [1.165, 1.54) is 5.69 Å². The van der Waals surface area contributed by atoms with Crippen LogP contribution in [0.1, 0.15) is 5.56 Å². The molecule has 1 aliphatic rings. The maximum absolute atomic E-state index is 13.0. The number of hydrogen-bond donors (Lipinski definition) is 2. The number of likely N-dealkylation sites (N-methyl/N-ethyl adjacent to an activating group) is 2. The monoisotopic (exact) mass is 486 g/mol. The van der Waals surface area contributed by atoms with E-state index >= 15 is 0 Å². The molecular weight excluding hydrogens is 452 g/mol. The summed E-state index contributed by atoms with van der Waals surface area (Å²) in [5.74, 6) is 1.24. The van der Waals surface area contributed by atoms with E-state index in [9.17, 15) is 4.79 Å². The Morgan fingerprint density at radius 2 is 1.69 bits per heavy atom. The first kappa shape index (κ1) is 24.0. The minimum Gasteiger partial charge on any atom is -0.369 e. The number of imidazole rings is 1. The average molecular weight is 487 g/mol. The van der Waals surface area contributed by atoms with Crippen molar-refractivity contribution in [1.82, 2.24) is 29.3 Å². The number of fused-ring (bicyclic) bond motifs is 1. The van der Waals surface area contributed by atoms with Crippen molar-refractivity contribution in [2.24, 2.45) is 0 Å². The third-order valence-corrected chi connectivity index (χ3v) is 6.65. The zero-order valence-corrected chi connectivity index (χ0v) is 21.2. The van der Waals surface area contributed by atoms with E-state index in [0.717, 1.165) is 43.9 Å². The van der Waals surface area contributed by atoms with Gasteiger partial charge in [-0.05, 0) is 51.0 Å². The summed E-state index contributed by atoms with van der Waals surface area (Å²) in [6.45, 7) is 6.16. The van der Waals surface area contributed by atoms with Gasteiger partial charge in [-0.25, -0.2) is 14.8 Å². The number of aromatic nitrogens is 4. The summed E-state index contributed by atoms with van der Waals surface area (Å²) in [5.41, 5.74) is 4.21. The van der Waals surface area contributed by atoms with Crippen LogP contribution in [0.15, 0.2) is 59.4 Å². The largest absolute Gasteiger partial charge is 0.369 e. The van der Waals surface area contributed by atoms with Crippen LogP contribution in [-0.2, 0) is 6.54 Å². The predicted molar refractivity (Wildman–Crippen MR) is 146 cm³/mol. The molecule has 9 heteroatoms. The summed E-state index contributed by atoms with van der Waals surface area (Å²) in [6, 6.07) is 18.4. The Hall–Kier alpha value is -3.69. The van der Waals surface area contributed by atoms with Gasteiger partial charge in [-0.2, -0.15) is 0 Å². The van der Waals surface area contributed by atoms with Gasteiger partial charge >= 0.3 is 5.69 Å². The van der Waals surface area contributed by atoms with Crippen LogP contribution < -0.4 is 15.9 Å². The summed E-state index contributed by atoms with van der Waals surface area (Å²) >= 11 is 0. The Morgan fingerprint density at radius 3 is 2.39 bits per heavy atom. The lowest BCUT2D eigenvalue weighted by Gasteiger charge is -2.34. The topological polar surface area (TPSA) is 85.3 Å². The van der Waals surface area contributed by atoms with Crippen molar-refractivity contribution in [3.63, 3.8) is 0 Å². The fourth-order valence-corrected chi connectivity index (χ4v) is 4.48. The van der Waals surface area contributed by atoms with Gasteiger partial charge in [0.05, 0.1) is 6.54 Å². The first-order valence-corrected chi connectivity index (χ1v) is 12.4. The Labute approximate surface area is 211 Å². The van der Waals surface area contributed by atoms with E-state index in [-0.39, 0.29) is 5.69 Å². The molecule has 1 aliphatic heterocycles. The fourth-order valence-electron chi connectivity index (χ4n) is 4.48. The Balaban J connectivity index is 1.51. The van der Waals surface area contributed by atoms with Crippen LogP contribution in [0.25, 0.3) is 22.6 Å². The van der Waals surface area contributed by atoms with Gasteiger partial charge in [0.15, 0.2) is 17.3 Å². The summed E-state index contributed by atoms with van der Waals surface area (Å²) in [4.78, 5) is 32.5. The zero-order valence-electron chi connectivity index (χ0n) is 21.2. The minimum absolute atomic E-state index is 0.193. The number of nitrogens with one attached hydrogen (secondary N) is 2. The smallest absolute Gasteiger partial charge is 0.328 e. The highest BCUT2D eigenvalue weighted by atomic mass is 16.1. The number of rotatable bonds is 8. The standard InChI is InChI=1S/C27H34N8O/c1-32(2)14-13-28-25-23-26(35(27(36)29-23)19-20-7-5-4-6-8-20)31-24(30-25)21-9-11-22(12-10-21)34-17-15-33(3)16-18-34/h4-12H,13-19H2,1-3H3,(H,29,36)(H,28,30,31). The maximum Gasteiger partial charge on any atom is 0.328 e. The molecule has 2 aromatic carbocycles. The first-order chi connectivity index (χ1) is 17.5. The van der Waals surface area contributed by atoms with Crippen molar-refractivity contribution in [3.05, 3.63) is 70.6 Å². The fraction of sp³-hybridized carbons (Fsp3) is 0.370. The second-order valence-electron chi connectivity index (χ2n) is 9.66. The van der Waals surface area contributed by atoms with Gasteiger partial charge in [-0.1, -0.05) is 30.3 Å². The summed E-state index contributed by atoms with van der Waals surface area (Å²) in [5, 5.41) is 3.41. The number of aromatic amines is 1. The van der Waals surface area contributed by atoms with E-state index < -0.39 is 0 Å². The molecule has 0 spiro atoms. The molecule has 9 nitrogen and oxygen atoms in total. The quantitative estimate of drug-likeness (QED) is 0.396. The van der Waals surface area contributed by atoms with Crippen LogP contribution in [0, 0.1) is 0 Å². The molecule has 3 heterocycles. The van der Waals surface area contributed by atoms with Gasteiger partial charge < -0.3 is 25.0 Å².